The topological polar surface area (TPSA) is 79.6 Å². The van der Waals surface area contributed by atoms with Crippen LogP contribution in [0.4, 0.5) is 0 Å². The highest BCUT2D eigenvalue weighted by atomic mass is 16.4. The highest BCUT2D eigenvalue weighted by Crippen LogP contribution is 2.18. The van der Waals surface area contributed by atoms with Gasteiger partial charge >= 0.3 is 5.97 Å². The number of carboxylic acids is 1. The van der Waals surface area contributed by atoms with Crippen molar-refractivity contribution in [2.24, 2.45) is 0 Å². The summed E-state index contributed by atoms with van der Waals surface area (Å²) in [5, 5.41) is 9.01. The summed E-state index contributed by atoms with van der Waals surface area (Å²) in [6.07, 6.45) is 2.99. The minimum atomic E-state index is -0.956. The van der Waals surface area contributed by atoms with Gasteiger partial charge in [0.25, 0.3) is 5.56 Å². The Morgan fingerprint density at radius 1 is 1.37 bits per heavy atom. The fourth-order valence-electron chi connectivity index (χ4n) is 2.33. The van der Waals surface area contributed by atoms with Gasteiger partial charge in [0.15, 0.2) is 0 Å². The zero-order chi connectivity index (χ0) is 13.8. The number of hydrogen-bond donors (Lipinski definition) is 1. The van der Waals surface area contributed by atoms with Crippen LogP contribution in [-0.4, -0.2) is 39.0 Å². The van der Waals surface area contributed by atoms with Crippen LogP contribution in [0.15, 0.2) is 29.2 Å². The smallest absolute Gasteiger partial charge is 0.326 e. The van der Waals surface area contributed by atoms with Gasteiger partial charge in [-0.1, -0.05) is 6.07 Å². The van der Waals surface area contributed by atoms with Crippen molar-refractivity contribution < 1.29 is 14.7 Å². The van der Waals surface area contributed by atoms with Crippen LogP contribution < -0.4 is 5.56 Å². The lowest BCUT2D eigenvalue weighted by Gasteiger charge is -2.21. The first-order valence-corrected chi connectivity index (χ1v) is 6.27. The molecule has 0 saturated carbocycles. The van der Waals surface area contributed by atoms with E-state index in [9.17, 15) is 14.4 Å². The average Bonchev–Trinajstić information content (AvgIpc) is 2.87. The Kier molecular flexibility index (Phi) is 3.99. The number of hydrogen-bond acceptors (Lipinski definition) is 3. The standard InChI is InChI=1S/C13H16N2O4/c16-11-5-1-2-7-14(11)9-6-12(17)15-8-3-4-10(15)13(18)19/h1-2,5,7,10H,3-4,6,8-9H2,(H,18,19)/t10-/m0/s1. The molecule has 6 heteroatoms. The average molecular weight is 264 g/mol. The maximum atomic E-state index is 12.0. The van der Waals surface area contributed by atoms with Crippen molar-refractivity contribution in [3.05, 3.63) is 34.7 Å². The molecule has 1 aliphatic heterocycles. The van der Waals surface area contributed by atoms with E-state index in [2.05, 4.69) is 0 Å². The fraction of sp³-hybridized carbons (Fsp3) is 0.462. The Morgan fingerprint density at radius 2 is 2.16 bits per heavy atom. The molecule has 6 nitrogen and oxygen atoms in total. The van der Waals surface area contributed by atoms with Gasteiger partial charge in [-0.15, -0.1) is 0 Å². The molecule has 2 rings (SSSR count). The van der Waals surface area contributed by atoms with Crippen LogP contribution in [0.5, 0.6) is 0 Å². The molecule has 2 heterocycles. The number of carbonyl (C=O) groups is 2. The lowest BCUT2D eigenvalue weighted by molar-refractivity contribution is -0.148. The maximum Gasteiger partial charge on any atom is 0.326 e. The summed E-state index contributed by atoms with van der Waals surface area (Å²) in [4.78, 5) is 35.9. The number of carboxylic acid groups (broad SMARTS) is 1. The van der Waals surface area contributed by atoms with Crippen molar-refractivity contribution >= 4 is 11.9 Å². The number of aryl methyl sites for hydroxylation is 1. The normalized spacial score (nSPS) is 18.5. The SMILES string of the molecule is O=C(O)[C@@H]1CCCN1C(=O)CCn1ccccc1=O. The van der Waals surface area contributed by atoms with E-state index in [0.29, 0.717) is 19.4 Å². The molecule has 1 saturated heterocycles. The molecule has 1 amide bonds. The van der Waals surface area contributed by atoms with E-state index >= 15 is 0 Å². The number of rotatable bonds is 4. The van der Waals surface area contributed by atoms with Gasteiger partial charge in [0.05, 0.1) is 0 Å². The van der Waals surface area contributed by atoms with Crippen LogP contribution >= 0.6 is 0 Å². The molecule has 0 radical (unpaired) electrons. The van der Waals surface area contributed by atoms with Gasteiger partial charge in [0.1, 0.15) is 6.04 Å². The predicted molar refractivity (Wildman–Crippen MR) is 67.7 cm³/mol. The summed E-state index contributed by atoms with van der Waals surface area (Å²) in [5.41, 5.74) is -0.161. The summed E-state index contributed by atoms with van der Waals surface area (Å²) >= 11 is 0. The third kappa shape index (κ3) is 3.01. The van der Waals surface area contributed by atoms with E-state index < -0.39 is 12.0 Å². The zero-order valence-corrected chi connectivity index (χ0v) is 10.5. The molecule has 1 N–H and O–H groups in total. The number of aromatic nitrogens is 1. The lowest BCUT2D eigenvalue weighted by atomic mass is 10.2. The highest BCUT2D eigenvalue weighted by molar-refractivity contribution is 5.84. The van der Waals surface area contributed by atoms with Gasteiger partial charge < -0.3 is 14.6 Å². The second-order valence-electron chi connectivity index (χ2n) is 4.57. The molecule has 1 fully saturated rings. The Bertz CT molecular complexity index is 537. The van der Waals surface area contributed by atoms with Gasteiger partial charge in [-0.3, -0.25) is 9.59 Å². The van der Waals surface area contributed by atoms with Gasteiger partial charge in [-0.05, 0) is 18.9 Å². The first kappa shape index (κ1) is 13.3. The van der Waals surface area contributed by atoms with E-state index in [4.69, 9.17) is 5.11 Å². The number of aliphatic carboxylic acids is 1. The van der Waals surface area contributed by atoms with Gasteiger partial charge in [-0.25, -0.2) is 4.79 Å². The van der Waals surface area contributed by atoms with Crippen molar-refractivity contribution in [2.45, 2.75) is 31.8 Å². The molecule has 102 valence electrons. The summed E-state index contributed by atoms with van der Waals surface area (Å²) in [6.45, 7) is 0.765. The molecule has 1 aliphatic rings. The molecular weight excluding hydrogens is 248 g/mol. The number of pyridine rings is 1. The van der Waals surface area contributed by atoms with Crippen LogP contribution in [0.2, 0.25) is 0 Å². The van der Waals surface area contributed by atoms with E-state index in [1.807, 2.05) is 0 Å². The molecule has 0 aromatic carbocycles. The monoisotopic (exact) mass is 264 g/mol. The minimum absolute atomic E-state index is 0.147. The van der Waals surface area contributed by atoms with Crippen molar-refractivity contribution in [1.29, 1.82) is 0 Å². The van der Waals surface area contributed by atoms with Crippen LogP contribution in [0.1, 0.15) is 19.3 Å². The summed E-state index contributed by atoms with van der Waals surface area (Å²) in [7, 11) is 0. The molecule has 1 aromatic rings. The van der Waals surface area contributed by atoms with Crippen LogP contribution in [0, 0.1) is 0 Å². The molecular formula is C13H16N2O4. The number of nitrogens with zero attached hydrogens (tertiary/aromatic N) is 2. The molecule has 0 unspecified atom stereocenters. The summed E-state index contributed by atoms with van der Waals surface area (Å²) in [5.74, 6) is -1.16. The number of likely N-dealkylation sites (tertiary alicyclic amines) is 1. The van der Waals surface area contributed by atoms with Crippen LogP contribution in [0.3, 0.4) is 0 Å². The minimum Gasteiger partial charge on any atom is -0.480 e. The largest absolute Gasteiger partial charge is 0.480 e. The molecule has 1 atom stereocenters. The first-order chi connectivity index (χ1) is 9.09. The second kappa shape index (κ2) is 5.69. The summed E-state index contributed by atoms with van der Waals surface area (Å²) < 4.78 is 1.45. The van der Waals surface area contributed by atoms with Crippen molar-refractivity contribution in [1.82, 2.24) is 9.47 Å². The van der Waals surface area contributed by atoms with Crippen molar-refractivity contribution in [2.75, 3.05) is 6.54 Å². The molecule has 0 bridgehead atoms. The Labute approximate surface area is 110 Å². The van der Waals surface area contributed by atoms with Gasteiger partial charge in [0, 0.05) is 31.8 Å². The van der Waals surface area contributed by atoms with Crippen molar-refractivity contribution in [3.8, 4) is 0 Å². The van der Waals surface area contributed by atoms with E-state index in [1.165, 1.54) is 15.5 Å². The lowest BCUT2D eigenvalue weighted by Crippen LogP contribution is -2.41. The fourth-order valence-corrected chi connectivity index (χ4v) is 2.33. The van der Waals surface area contributed by atoms with Gasteiger partial charge in [0.2, 0.25) is 5.91 Å². The Balaban J connectivity index is 1.97. The van der Waals surface area contributed by atoms with E-state index in [0.717, 1.165) is 0 Å². The predicted octanol–water partition coefficient (Wildman–Crippen LogP) is 0.314. The van der Waals surface area contributed by atoms with Crippen molar-refractivity contribution in [3.63, 3.8) is 0 Å². The van der Waals surface area contributed by atoms with Crippen LogP contribution in [0.25, 0.3) is 0 Å². The molecule has 0 spiro atoms. The van der Waals surface area contributed by atoms with E-state index in [-0.39, 0.29) is 24.4 Å². The quantitative estimate of drug-likeness (QED) is 0.849. The van der Waals surface area contributed by atoms with E-state index in [1.54, 1.807) is 18.3 Å². The second-order valence-corrected chi connectivity index (χ2v) is 4.57. The molecule has 1 aromatic heterocycles. The number of carbonyl (C=O) groups excluding carboxylic acids is 1. The highest BCUT2D eigenvalue weighted by Gasteiger charge is 2.33. The third-order valence-electron chi connectivity index (χ3n) is 3.32. The molecule has 0 aliphatic carbocycles. The summed E-state index contributed by atoms with van der Waals surface area (Å²) in [6, 6.07) is 4.09. The maximum absolute atomic E-state index is 12.0. The first-order valence-electron chi connectivity index (χ1n) is 6.27. The van der Waals surface area contributed by atoms with Gasteiger partial charge in [-0.2, -0.15) is 0 Å². The number of amides is 1. The Morgan fingerprint density at radius 3 is 2.84 bits per heavy atom. The third-order valence-corrected chi connectivity index (χ3v) is 3.32. The molecule has 19 heavy (non-hydrogen) atoms. The Hall–Kier alpha value is -2.11. The zero-order valence-electron chi connectivity index (χ0n) is 10.5. The van der Waals surface area contributed by atoms with Crippen LogP contribution in [-0.2, 0) is 16.1 Å².